The molecule has 21 heavy (non-hydrogen) atoms. The topological polar surface area (TPSA) is 47.3 Å². The van der Waals surface area contributed by atoms with E-state index in [4.69, 9.17) is 5.26 Å². The van der Waals surface area contributed by atoms with Crippen LogP contribution in [0.3, 0.4) is 0 Å². The van der Waals surface area contributed by atoms with Crippen LogP contribution in [-0.4, -0.2) is 47.9 Å². The minimum absolute atomic E-state index is 0.0606. The van der Waals surface area contributed by atoms with E-state index in [0.717, 1.165) is 32.6 Å². The fraction of sp³-hybridized carbons (Fsp3) is 0.529. The lowest BCUT2D eigenvalue weighted by Gasteiger charge is -2.36. The number of carbonyl (C=O) groups excluding carboxylic acids is 1. The number of piperazine rings is 1. The average Bonchev–Trinajstić information content (AvgIpc) is 2.52. The van der Waals surface area contributed by atoms with Gasteiger partial charge in [0.15, 0.2) is 0 Å². The average molecular weight is 285 g/mol. The molecule has 0 bridgehead atoms. The van der Waals surface area contributed by atoms with Gasteiger partial charge in [0.05, 0.1) is 12.1 Å². The largest absolute Gasteiger partial charge is 0.340 e. The molecule has 1 unspecified atom stereocenters. The first-order valence-corrected chi connectivity index (χ1v) is 7.57. The van der Waals surface area contributed by atoms with Crippen molar-refractivity contribution in [2.75, 3.05) is 26.2 Å². The van der Waals surface area contributed by atoms with Crippen LogP contribution >= 0.6 is 0 Å². The summed E-state index contributed by atoms with van der Waals surface area (Å²) in [6, 6.07) is 10.5. The van der Waals surface area contributed by atoms with E-state index in [0.29, 0.717) is 6.42 Å². The summed E-state index contributed by atoms with van der Waals surface area (Å²) in [7, 11) is 0. The maximum atomic E-state index is 12.2. The Morgan fingerprint density at radius 3 is 2.67 bits per heavy atom. The van der Waals surface area contributed by atoms with Crippen molar-refractivity contribution in [1.82, 2.24) is 9.80 Å². The Hall–Kier alpha value is -1.86. The van der Waals surface area contributed by atoms with Crippen molar-refractivity contribution in [1.29, 1.82) is 5.26 Å². The van der Waals surface area contributed by atoms with Gasteiger partial charge in [0.1, 0.15) is 0 Å². The molecular weight excluding hydrogens is 262 g/mol. The lowest BCUT2D eigenvalue weighted by atomic mass is 10.1. The Morgan fingerprint density at radius 1 is 1.33 bits per heavy atom. The third-order valence-corrected chi connectivity index (χ3v) is 4.11. The van der Waals surface area contributed by atoms with Gasteiger partial charge in [-0.2, -0.15) is 5.26 Å². The number of nitrogens with zero attached hydrogens (tertiary/aromatic N) is 3. The third-order valence-electron chi connectivity index (χ3n) is 4.11. The number of benzene rings is 1. The van der Waals surface area contributed by atoms with Crippen LogP contribution in [0.4, 0.5) is 0 Å². The second kappa shape index (κ2) is 7.24. The lowest BCUT2D eigenvalue weighted by molar-refractivity contribution is -0.133. The summed E-state index contributed by atoms with van der Waals surface area (Å²) < 4.78 is 0. The summed E-state index contributed by atoms with van der Waals surface area (Å²) in [5.41, 5.74) is 2.46. The van der Waals surface area contributed by atoms with E-state index < -0.39 is 0 Å². The van der Waals surface area contributed by atoms with Crippen molar-refractivity contribution in [2.24, 2.45) is 0 Å². The van der Waals surface area contributed by atoms with Crippen LogP contribution in [0.5, 0.6) is 0 Å². The number of hydrogen-bond donors (Lipinski definition) is 0. The molecule has 1 aliphatic heterocycles. The monoisotopic (exact) mass is 285 g/mol. The van der Waals surface area contributed by atoms with Crippen molar-refractivity contribution >= 4 is 5.91 Å². The Morgan fingerprint density at radius 2 is 2.05 bits per heavy atom. The highest BCUT2D eigenvalue weighted by Crippen LogP contribution is 2.10. The first kappa shape index (κ1) is 15.5. The number of carbonyl (C=O) groups is 1. The van der Waals surface area contributed by atoms with Crippen LogP contribution < -0.4 is 0 Å². The molecule has 2 rings (SSSR count). The van der Waals surface area contributed by atoms with Gasteiger partial charge in [0.2, 0.25) is 5.91 Å². The van der Waals surface area contributed by atoms with Gasteiger partial charge in [-0.1, -0.05) is 29.8 Å². The normalized spacial score (nSPS) is 17.3. The minimum Gasteiger partial charge on any atom is -0.340 e. The zero-order valence-electron chi connectivity index (χ0n) is 12.9. The zero-order chi connectivity index (χ0) is 15.2. The molecule has 1 fully saturated rings. The summed E-state index contributed by atoms with van der Waals surface area (Å²) in [6.07, 6.45) is 1.37. The summed E-state index contributed by atoms with van der Waals surface area (Å²) in [5.74, 6) is 0.223. The van der Waals surface area contributed by atoms with E-state index >= 15 is 0 Å². The van der Waals surface area contributed by atoms with Crippen molar-refractivity contribution < 1.29 is 4.79 Å². The highest BCUT2D eigenvalue weighted by molar-refractivity contribution is 5.76. The molecule has 0 spiro atoms. The van der Waals surface area contributed by atoms with Crippen LogP contribution in [0.2, 0.25) is 0 Å². The van der Waals surface area contributed by atoms with Gasteiger partial charge in [0, 0.05) is 32.6 Å². The molecule has 1 aromatic rings. The van der Waals surface area contributed by atoms with Crippen molar-refractivity contribution in [3.63, 3.8) is 0 Å². The van der Waals surface area contributed by atoms with Crippen LogP contribution in [0, 0.1) is 18.3 Å². The predicted octanol–water partition coefficient (Wildman–Crippen LogP) is 1.98. The van der Waals surface area contributed by atoms with E-state index in [1.807, 2.05) is 17.9 Å². The van der Waals surface area contributed by atoms with Crippen molar-refractivity contribution in [2.45, 2.75) is 32.7 Å². The highest BCUT2D eigenvalue weighted by atomic mass is 16.2. The van der Waals surface area contributed by atoms with Gasteiger partial charge in [-0.3, -0.25) is 9.69 Å². The molecule has 1 aliphatic rings. The van der Waals surface area contributed by atoms with Gasteiger partial charge in [-0.15, -0.1) is 0 Å². The molecule has 1 heterocycles. The molecule has 1 saturated heterocycles. The standard InChI is InChI=1S/C17H23N3O/c1-14-4-3-5-16(12-14)6-7-17(21)20-10-8-19(9-11-20)15(2)13-18/h3-5,12,15H,6-11H2,1-2H3. The maximum Gasteiger partial charge on any atom is 0.222 e. The van der Waals surface area contributed by atoms with E-state index in [-0.39, 0.29) is 11.9 Å². The van der Waals surface area contributed by atoms with Crippen LogP contribution in [0.25, 0.3) is 0 Å². The number of nitriles is 1. The number of amides is 1. The fourth-order valence-corrected chi connectivity index (χ4v) is 2.72. The molecule has 112 valence electrons. The molecule has 0 aliphatic carbocycles. The Balaban J connectivity index is 1.79. The first-order valence-electron chi connectivity index (χ1n) is 7.57. The second-order valence-corrected chi connectivity index (χ2v) is 5.71. The Labute approximate surface area is 127 Å². The summed E-state index contributed by atoms with van der Waals surface area (Å²) in [4.78, 5) is 16.3. The molecule has 4 heteroatoms. The molecular formula is C17H23N3O. The van der Waals surface area contributed by atoms with Crippen LogP contribution in [0.1, 0.15) is 24.5 Å². The fourth-order valence-electron chi connectivity index (χ4n) is 2.72. The molecule has 4 nitrogen and oxygen atoms in total. The van der Waals surface area contributed by atoms with Crippen LogP contribution in [-0.2, 0) is 11.2 Å². The Bertz CT molecular complexity index is 527. The third kappa shape index (κ3) is 4.30. The van der Waals surface area contributed by atoms with Gasteiger partial charge >= 0.3 is 0 Å². The van der Waals surface area contributed by atoms with Gasteiger partial charge in [-0.25, -0.2) is 0 Å². The number of aryl methyl sites for hydroxylation is 2. The predicted molar refractivity (Wildman–Crippen MR) is 82.7 cm³/mol. The highest BCUT2D eigenvalue weighted by Gasteiger charge is 2.23. The van der Waals surface area contributed by atoms with Gasteiger partial charge < -0.3 is 4.90 Å². The minimum atomic E-state index is -0.0606. The maximum absolute atomic E-state index is 12.2. The SMILES string of the molecule is Cc1cccc(CCC(=O)N2CCN(C(C)C#N)CC2)c1. The van der Waals surface area contributed by atoms with Crippen molar-refractivity contribution in [3.05, 3.63) is 35.4 Å². The second-order valence-electron chi connectivity index (χ2n) is 5.71. The van der Waals surface area contributed by atoms with E-state index in [9.17, 15) is 4.79 Å². The first-order chi connectivity index (χ1) is 10.1. The molecule has 0 N–H and O–H groups in total. The summed E-state index contributed by atoms with van der Waals surface area (Å²) in [5, 5.41) is 8.92. The van der Waals surface area contributed by atoms with E-state index in [1.165, 1.54) is 11.1 Å². The number of hydrogen-bond acceptors (Lipinski definition) is 3. The quantitative estimate of drug-likeness (QED) is 0.850. The van der Waals surface area contributed by atoms with Crippen molar-refractivity contribution in [3.8, 4) is 6.07 Å². The lowest BCUT2D eigenvalue weighted by Crippen LogP contribution is -2.51. The molecule has 1 atom stereocenters. The molecule has 0 radical (unpaired) electrons. The van der Waals surface area contributed by atoms with Gasteiger partial charge in [-0.05, 0) is 25.8 Å². The van der Waals surface area contributed by atoms with Crippen LogP contribution in [0.15, 0.2) is 24.3 Å². The summed E-state index contributed by atoms with van der Waals surface area (Å²) >= 11 is 0. The zero-order valence-corrected chi connectivity index (χ0v) is 12.9. The molecule has 0 aromatic heterocycles. The smallest absolute Gasteiger partial charge is 0.222 e. The Kier molecular flexibility index (Phi) is 5.35. The van der Waals surface area contributed by atoms with E-state index in [1.54, 1.807) is 0 Å². The molecule has 0 saturated carbocycles. The summed E-state index contributed by atoms with van der Waals surface area (Å²) in [6.45, 7) is 7.04. The van der Waals surface area contributed by atoms with E-state index in [2.05, 4.69) is 36.1 Å². The number of rotatable bonds is 4. The molecule has 1 amide bonds. The van der Waals surface area contributed by atoms with Gasteiger partial charge in [0.25, 0.3) is 0 Å². The molecule has 1 aromatic carbocycles.